The van der Waals surface area contributed by atoms with Crippen molar-refractivity contribution in [3.63, 3.8) is 0 Å². The molecule has 0 aliphatic rings. The van der Waals surface area contributed by atoms with Crippen LogP contribution in [0.4, 0.5) is 0 Å². The second kappa shape index (κ2) is 7.52. The second-order valence-corrected chi connectivity index (χ2v) is 4.31. The summed E-state index contributed by atoms with van der Waals surface area (Å²) in [6.07, 6.45) is 0. The van der Waals surface area contributed by atoms with Crippen molar-refractivity contribution in [2.75, 3.05) is 27.8 Å². The molecule has 0 saturated carbocycles. The van der Waals surface area contributed by atoms with E-state index in [1.807, 2.05) is 26.2 Å². The summed E-state index contributed by atoms with van der Waals surface area (Å²) >= 11 is 0. The second-order valence-electron chi connectivity index (χ2n) is 4.31. The third-order valence-corrected chi connectivity index (χ3v) is 2.69. The number of rotatable bonds is 6. The van der Waals surface area contributed by atoms with Crippen LogP contribution in [0.15, 0.2) is 24.3 Å². The molecule has 0 amide bonds. The first kappa shape index (κ1) is 15.2. The Morgan fingerprint density at radius 1 is 1.37 bits per heavy atom. The smallest absolute Gasteiger partial charge is 0.337 e. The summed E-state index contributed by atoms with van der Waals surface area (Å²) < 4.78 is 10.1. The van der Waals surface area contributed by atoms with Gasteiger partial charge in [-0.05, 0) is 31.8 Å². The third kappa shape index (κ3) is 4.70. The molecule has 1 aromatic rings. The van der Waals surface area contributed by atoms with Gasteiger partial charge < -0.3 is 9.47 Å². The molecule has 0 saturated heterocycles. The quantitative estimate of drug-likeness (QED) is 0.726. The average molecular weight is 262 g/mol. The fourth-order valence-electron chi connectivity index (χ4n) is 1.45. The number of likely N-dealkylation sites (N-methyl/N-ethyl adjacent to an activating group) is 1. The molecular formula is C14H18N2O3. The van der Waals surface area contributed by atoms with Gasteiger partial charge >= 0.3 is 5.97 Å². The number of carbonyl (C=O) groups is 1. The molecule has 0 spiro atoms. The molecule has 0 heterocycles. The fourth-order valence-corrected chi connectivity index (χ4v) is 1.45. The standard InChI is InChI=1S/C14H18N2O3/c1-16(2)13(8-15)10-19-9-11-4-6-12(7-5-11)14(17)18-3/h4-7,13H,9-10H2,1-3H3. The van der Waals surface area contributed by atoms with E-state index in [1.165, 1.54) is 7.11 Å². The van der Waals surface area contributed by atoms with Crippen molar-refractivity contribution in [2.24, 2.45) is 0 Å². The van der Waals surface area contributed by atoms with Crippen molar-refractivity contribution in [2.45, 2.75) is 12.6 Å². The predicted octanol–water partition coefficient (Wildman–Crippen LogP) is 1.44. The van der Waals surface area contributed by atoms with Gasteiger partial charge in [-0.2, -0.15) is 5.26 Å². The molecule has 0 aromatic heterocycles. The molecular weight excluding hydrogens is 244 g/mol. The molecule has 1 unspecified atom stereocenters. The molecule has 0 aliphatic heterocycles. The molecule has 1 aromatic carbocycles. The van der Waals surface area contributed by atoms with Gasteiger partial charge in [0.2, 0.25) is 0 Å². The van der Waals surface area contributed by atoms with Crippen molar-refractivity contribution >= 4 is 5.97 Å². The van der Waals surface area contributed by atoms with E-state index < -0.39 is 0 Å². The molecule has 5 heteroatoms. The van der Waals surface area contributed by atoms with Gasteiger partial charge in [-0.25, -0.2) is 4.79 Å². The molecule has 102 valence electrons. The first-order chi connectivity index (χ1) is 9.08. The van der Waals surface area contributed by atoms with Crippen LogP contribution in [0.1, 0.15) is 15.9 Å². The van der Waals surface area contributed by atoms with Crippen LogP contribution in [0.2, 0.25) is 0 Å². The van der Waals surface area contributed by atoms with Crippen molar-refractivity contribution in [1.82, 2.24) is 4.90 Å². The minimum Gasteiger partial charge on any atom is -0.465 e. The van der Waals surface area contributed by atoms with Crippen LogP contribution >= 0.6 is 0 Å². The van der Waals surface area contributed by atoms with E-state index in [0.717, 1.165) is 5.56 Å². The van der Waals surface area contributed by atoms with Crippen LogP contribution in [0.5, 0.6) is 0 Å². The number of nitrogens with zero attached hydrogens (tertiary/aromatic N) is 2. The highest BCUT2D eigenvalue weighted by atomic mass is 16.5. The zero-order valence-electron chi connectivity index (χ0n) is 11.4. The van der Waals surface area contributed by atoms with Crippen molar-refractivity contribution < 1.29 is 14.3 Å². The summed E-state index contributed by atoms with van der Waals surface area (Å²) in [4.78, 5) is 13.1. The Kier molecular flexibility index (Phi) is 6.00. The summed E-state index contributed by atoms with van der Waals surface area (Å²) in [6.45, 7) is 0.760. The lowest BCUT2D eigenvalue weighted by atomic mass is 10.1. The Labute approximate surface area is 113 Å². The van der Waals surface area contributed by atoms with Crippen LogP contribution < -0.4 is 0 Å². The fraction of sp³-hybridized carbons (Fsp3) is 0.429. The van der Waals surface area contributed by atoms with E-state index in [0.29, 0.717) is 18.8 Å². The summed E-state index contributed by atoms with van der Waals surface area (Å²) in [5.41, 5.74) is 1.46. The number of ether oxygens (including phenoxy) is 2. The Bertz CT molecular complexity index is 449. The maximum atomic E-state index is 11.2. The number of hydrogen-bond donors (Lipinski definition) is 0. The Morgan fingerprint density at radius 3 is 2.47 bits per heavy atom. The van der Waals surface area contributed by atoms with Crippen LogP contribution in [-0.4, -0.2) is 44.7 Å². The van der Waals surface area contributed by atoms with Gasteiger partial charge in [0.25, 0.3) is 0 Å². The molecule has 0 bridgehead atoms. The number of carbonyl (C=O) groups excluding carboxylic acids is 1. The summed E-state index contributed by atoms with van der Waals surface area (Å²) in [5, 5.41) is 8.90. The molecule has 0 N–H and O–H groups in total. The van der Waals surface area contributed by atoms with E-state index in [2.05, 4.69) is 10.8 Å². The molecule has 1 atom stereocenters. The van der Waals surface area contributed by atoms with E-state index >= 15 is 0 Å². The Morgan fingerprint density at radius 2 is 2.00 bits per heavy atom. The highest BCUT2D eigenvalue weighted by Crippen LogP contribution is 2.07. The summed E-state index contributed by atoms with van der Waals surface area (Å²) in [6, 6.07) is 8.91. The summed E-state index contributed by atoms with van der Waals surface area (Å²) in [5.74, 6) is -0.357. The molecule has 19 heavy (non-hydrogen) atoms. The molecule has 0 radical (unpaired) electrons. The van der Waals surface area contributed by atoms with Crippen molar-refractivity contribution in [3.8, 4) is 6.07 Å². The molecule has 0 fully saturated rings. The number of hydrogen-bond acceptors (Lipinski definition) is 5. The maximum Gasteiger partial charge on any atom is 0.337 e. The first-order valence-corrected chi connectivity index (χ1v) is 5.89. The summed E-state index contributed by atoms with van der Waals surface area (Å²) in [7, 11) is 5.02. The van der Waals surface area contributed by atoms with Crippen LogP contribution in [-0.2, 0) is 16.1 Å². The normalized spacial score (nSPS) is 11.9. The van der Waals surface area contributed by atoms with E-state index in [-0.39, 0.29) is 12.0 Å². The monoisotopic (exact) mass is 262 g/mol. The minimum atomic E-state index is -0.357. The molecule has 1 rings (SSSR count). The highest BCUT2D eigenvalue weighted by Gasteiger charge is 2.10. The minimum absolute atomic E-state index is 0.255. The van der Waals surface area contributed by atoms with Gasteiger partial charge in [-0.3, -0.25) is 4.90 Å². The van der Waals surface area contributed by atoms with Crippen LogP contribution in [0.25, 0.3) is 0 Å². The Balaban J connectivity index is 2.47. The number of esters is 1. The van der Waals surface area contributed by atoms with Crippen LogP contribution in [0.3, 0.4) is 0 Å². The maximum absolute atomic E-state index is 11.2. The predicted molar refractivity (Wildman–Crippen MR) is 70.5 cm³/mol. The number of nitriles is 1. The van der Waals surface area contributed by atoms with Gasteiger partial charge in [0.15, 0.2) is 0 Å². The van der Waals surface area contributed by atoms with Gasteiger partial charge in [-0.1, -0.05) is 12.1 Å². The van der Waals surface area contributed by atoms with Crippen molar-refractivity contribution in [3.05, 3.63) is 35.4 Å². The van der Waals surface area contributed by atoms with E-state index in [4.69, 9.17) is 10.00 Å². The highest BCUT2D eigenvalue weighted by molar-refractivity contribution is 5.89. The number of methoxy groups -OCH3 is 1. The molecule has 5 nitrogen and oxygen atoms in total. The lowest BCUT2D eigenvalue weighted by Crippen LogP contribution is -2.30. The lowest BCUT2D eigenvalue weighted by Gasteiger charge is -2.16. The topological polar surface area (TPSA) is 62.6 Å². The van der Waals surface area contributed by atoms with E-state index in [9.17, 15) is 4.79 Å². The van der Waals surface area contributed by atoms with Crippen LogP contribution in [0, 0.1) is 11.3 Å². The first-order valence-electron chi connectivity index (χ1n) is 5.89. The van der Waals surface area contributed by atoms with Crippen molar-refractivity contribution in [1.29, 1.82) is 5.26 Å². The lowest BCUT2D eigenvalue weighted by molar-refractivity contribution is 0.0600. The molecule has 0 aliphatic carbocycles. The largest absolute Gasteiger partial charge is 0.465 e. The average Bonchev–Trinajstić information content (AvgIpc) is 2.43. The zero-order valence-corrected chi connectivity index (χ0v) is 11.4. The third-order valence-electron chi connectivity index (χ3n) is 2.69. The zero-order chi connectivity index (χ0) is 14.3. The number of benzene rings is 1. The van der Waals surface area contributed by atoms with Gasteiger partial charge in [0, 0.05) is 0 Å². The van der Waals surface area contributed by atoms with Gasteiger partial charge in [-0.15, -0.1) is 0 Å². The Hall–Kier alpha value is -1.90. The van der Waals surface area contributed by atoms with E-state index in [1.54, 1.807) is 17.0 Å². The van der Waals surface area contributed by atoms with Gasteiger partial charge in [0.05, 0.1) is 32.0 Å². The SMILES string of the molecule is COC(=O)c1ccc(COCC(C#N)N(C)C)cc1. The van der Waals surface area contributed by atoms with Gasteiger partial charge in [0.1, 0.15) is 6.04 Å².